The predicted molar refractivity (Wildman–Crippen MR) is 84.5 cm³/mol. The Morgan fingerprint density at radius 1 is 1.33 bits per heavy atom. The lowest BCUT2D eigenvalue weighted by atomic mass is 9.82. The summed E-state index contributed by atoms with van der Waals surface area (Å²) < 4.78 is 11.0. The summed E-state index contributed by atoms with van der Waals surface area (Å²) >= 11 is 0. The van der Waals surface area contributed by atoms with Crippen LogP contribution >= 0.6 is 0 Å². The van der Waals surface area contributed by atoms with Gasteiger partial charge in [0.05, 0.1) is 18.2 Å². The van der Waals surface area contributed by atoms with Gasteiger partial charge in [-0.05, 0) is 47.5 Å². The van der Waals surface area contributed by atoms with Gasteiger partial charge in [0, 0.05) is 12.6 Å². The summed E-state index contributed by atoms with van der Waals surface area (Å²) in [5.74, 6) is 0. The molecule has 4 atom stereocenters. The van der Waals surface area contributed by atoms with Crippen molar-refractivity contribution in [1.82, 2.24) is 10.6 Å². The second-order valence-electron chi connectivity index (χ2n) is 6.86. The zero-order chi connectivity index (χ0) is 16.0. The molecule has 4 unspecified atom stereocenters. The molecule has 2 N–H and O–H groups in total. The number of carbonyl (C=O) groups excluding carboxylic acids is 1. The molecule has 1 aliphatic rings. The summed E-state index contributed by atoms with van der Waals surface area (Å²) in [6, 6.07) is 0.668. The van der Waals surface area contributed by atoms with Crippen LogP contribution in [0.3, 0.4) is 0 Å². The molecule has 0 heterocycles. The largest absolute Gasteiger partial charge is 0.444 e. The van der Waals surface area contributed by atoms with E-state index in [0.29, 0.717) is 12.6 Å². The number of nitrogens with one attached hydrogen (secondary N) is 2. The first-order chi connectivity index (χ1) is 9.76. The second-order valence-corrected chi connectivity index (χ2v) is 6.86. The molecule has 0 aromatic carbocycles. The number of hydrogen-bond donors (Lipinski definition) is 2. The van der Waals surface area contributed by atoms with E-state index in [-0.39, 0.29) is 24.3 Å². The van der Waals surface area contributed by atoms with Crippen LogP contribution in [0, 0.1) is 0 Å². The molecule has 0 aromatic heterocycles. The molecule has 1 aliphatic carbocycles. The van der Waals surface area contributed by atoms with Crippen molar-refractivity contribution in [2.24, 2.45) is 0 Å². The van der Waals surface area contributed by atoms with Gasteiger partial charge in [-0.1, -0.05) is 13.3 Å². The Bertz CT molecular complexity index is 328. The summed E-state index contributed by atoms with van der Waals surface area (Å²) in [5, 5.41) is 6.53. The first-order valence-corrected chi connectivity index (χ1v) is 8.14. The van der Waals surface area contributed by atoms with Crippen LogP contribution in [0.5, 0.6) is 0 Å². The van der Waals surface area contributed by atoms with Crippen LogP contribution in [-0.2, 0) is 9.47 Å². The Hall–Kier alpha value is -0.810. The Kier molecular flexibility index (Phi) is 6.94. The van der Waals surface area contributed by atoms with Crippen LogP contribution in [0.1, 0.15) is 60.8 Å². The van der Waals surface area contributed by atoms with Crippen LogP contribution in [0.4, 0.5) is 4.79 Å². The molecule has 0 radical (unpaired) electrons. The molecule has 21 heavy (non-hydrogen) atoms. The fourth-order valence-corrected chi connectivity index (χ4v) is 2.67. The van der Waals surface area contributed by atoms with Crippen LogP contribution in [0.2, 0.25) is 0 Å². The number of alkyl carbamates (subject to hydrolysis) is 1. The summed E-state index contributed by atoms with van der Waals surface area (Å²) in [7, 11) is 0. The minimum atomic E-state index is -0.467. The third-order valence-electron chi connectivity index (χ3n) is 3.60. The molecule has 5 heteroatoms. The molecule has 0 saturated heterocycles. The quantitative estimate of drug-likeness (QED) is 0.759. The lowest BCUT2D eigenvalue weighted by Crippen LogP contribution is -2.67. The molecule has 1 rings (SSSR count). The second kappa shape index (κ2) is 7.99. The van der Waals surface area contributed by atoms with Crippen molar-refractivity contribution < 1.29 is 14.3 Å². The highest BCUT2D eigenvalue weighted by molar-refractivity contribution is 5.68. The molecular weight excluding hydrogens is 268 g/mol. The van der Waals surface area contributed by atoms with E-state index in [1.165, 1.54) is 0 Å². The monoisotopic (exact) mass is 300 g/mol. The number of hydrogen-bond acceptors (Lipinski definition) is 4. The fourth-order valence-electron chi connectivity index (χ4n) is 2.67. The maximum absolute atomic E-state index is 11.9. The third-order valence-corrected chi connectivity index (χ3v) is 3.60. The van der Waals surface area contributed by atoms with E-state index in [4.69, 9.17) is 9.47 Å². The van der Waals surface area contributed by atoms with E-state index < -0.39 is 5.60 Å². The molecule has 124 valence electrons. The maximum Gasteiger partial charge on any atom is 0.407 e. The van der Waals surface area contributed by atoms with Gasteiger partial charge in [0.2, 0.25) is 0 Å². The predicted octanol–water partition coefficient (Wildman–Crippen LogP) is 2.84. The molecule has 0 spiro atoms. The van der Waals surface area contributed by atoms with E-state index in [1.807, 2.05) is 27.7 Å². The van der Waals surface area contributed by atoms with Crippen LogP contribution in [0.15, 0.2) is 0 Å². The van der Waals surface area contributed by atoms with E-state index in [9.17, 15) is 4.79 Å². The third kappa shape index (κ3) is 6.22. The standard InChI is InChI=1S/C16H32N2O3/c1-7-9-11(3)17-14-12(10-13(14)20-8-2)18-15(19)21-16(4,5)6/h11-14,17H,7-10H2,1-6H3,(H,18,19). The smallest absolute Gasteiger partial charge is 0.407 e. The minimum absolute atomic E-state index is 0.0794. The van der Waals surface area contributed by atoms with Gasteiger partial charge in [0.1, 0.15) is 5.60 Å². The molecular formula is C16H32N2O3. The molecule has 1 amide bonds. The summed E-state index contributed by atoms with van der Waals surface area (Å²) in [5.41, 5.74) is -0.467. The lowest BCUT2D eigenvalue weighted by Gasteiger charge is -2.46. The number of ether oxygens (including phenoxy) is 2. The van der Waals surface area contributed by atoms with E-state index in [1.54, 1.807) is 0 Å². The average Bonchev–Trinajstić information content (AvgIpc) is 2.33. The van der Waals surface area contributed by atoms with Crippen molar-refractivity contribution in [3.8, 4) is 0 Å². The van der Waals surface area contributed by atoms with Crippen molar-refractivity contribution >= 4 is 6.09 Å². The molecule has 5 nitrogen and oxygen atoms in total. The molecule has 1 saturated carbocycles. The van der Waals surface area contributed by atoms with Crippen LogP contribution in [-0.4, -0.2) is 42.5 Å². The summed E-state index contributed by atoms with van der Waals surface area (Å²) in [4.78, 5) is 11.9. The number of rotatable bonds is 7. The van der Waals surface area contributed by atoms with Gasteiger partial charge in [-0.25, -0.2) is 4.79 Å². The first kappa shape index (κ1) is 18.2. The van der Waals surface area contributed by atoms with Gasteiger partial charge in [-0.15, -0.1) is 0 Å². The van der Waals surface area contributed by atoms with Crippen molar-refractivity contribution in [2.75, 3.05) is 6.61 Å². The highest BCUT2D eigenvalue weighted by Gasteiger charge is 2.43. The highest BCUT2D eigenvalue weighted by Crippen LogP contribution is 2.26. The maximum atomic E-state index is 11.9. The van der Waals surface area contributed by atoms with E-state index in [2.05, 4.69) is 24.5 Å². The zero-order valence-corrected chi connectivity index (χ0v) is 14.4. The Balaban J connectivity index is 2.50. The van der Waals surface area contributed by atoms with Crippen molar-refractivity contribution in [1.29, 1.82) is 0 Å². The van der Waals surface area contributed by atoms with Gasteiger partial charge in [0.15, 0.2) is 0 Å². The number of carbonyl (C=O) groups is 1. The molecule has 0 aliphatic heterocycles. The Morgan fingerprint density at radius 2 is 2.00 bits per heavy atom. The molecule has 1 fully saturated rings. The summed E-state index contributed by atoms with van der Waals surface area (Å²) in [6.07, 6.45) is 2.93. The van der Waals surface area contributed by atoms with Gasteiger partial charge < -0.3 is 20.1 Å². The van der Waals surface area contributed by atoms with Gasteiger partial charge >= 0.3 is 6.09 Å². The van der Waals surface area contributed by atoms with Gasteiger partial charge in [-0.2, -0.15) is 0 Å². The average molecular weight is 300 g/mol. The lowest BCUT2D eigenvalue weighted by molar-refractivity contribution is -0.0463. The van der Waals surface area contributed by atoms with Crippen molar-refractivity contribution in [3.05, 3.63) is 0 Å². The Labute approximate surface area is 129 Å². The van der Waals surface area contributed by atoms with Crippen LogP contribution in [0.25, 0.3) is 0 Å². The van der Waals surface area contributed by atoms with Gasteiger partial charge in [0.25, 0.3) is 0 Å². The van der Waals surface area contributed by atoms with Crippen molar-refractivity contribution in [3.63, 3.8) is 0 Å². The zero-order valence-electron chi connectivity index (χ0n) is 14.4. The van der Waals surface area contributed by atoms with Crippen LogP contribution < -0.4 is 10.6 Å². The fraction of sp³-hybridized carbons (Fsp3) is 0.938. The van der Waals surface area contributed by atoms with Gasteiger partial charge in [-0.3, -0.25) is 0 Å². The topological polar surface area (TPSA) is 59.6 Å². The SMILES string of the molecule is CCCC(C)NC1C(NC(=O)OC(C)(C)C)CC1OCC. The Morgan fingerprint density at radius 3 is 2.52 bits per heavy atom. The normalized spacial score (nSPS) is 26.9. The molecule has 0 bridgehead atoms. The first-order valence-electron chi connectivity index (χ1n) is 8.14. The molecule has 0 aromatic rings. The number of amides is 1. The van der Waals surface area contributed by atoms with E-state index >= 15 is 0 Å². The van der Waals surface area contributed by atoms with Crippen molar-refractivity contribution in [2.45, 2.75) is 90.6 Å². The highest BCUT2D eigenvalue weighted by atomic mass is 16.6. The minimum Gasteiger partial charge on any atom is -0.444 e. The van der Waals surface area contributed by atoms with E-state index in [0.717, 1.165) is 19.3 Å². The summed E-state index contributed by atoms with van der Waals surface area (Å²) in [6.45, 7) is 12.7.